The van der Waals surface area contributed by atoms with Crippen molar-refractivity contribution in [1.82, 2.24) is 10.6 Å². The molecule has 0 saturated carbocycles. The molecule has 8 heteroatoms. The second kappa shape index (κ2) is 9.65. The molecule has 1 heterocycles. The van der Waals surface area contributed by atoms with Gasteiger partial charge in [-0.2, -0.15) is 0 Å². The standard InChI is InChI=1S/C21H28N4O3S/c1-3-22-21(24-16-17-8-10-19(28-2)11-9-17)23-13-15-29(26,27)25-14-12-18-6-4-5-7-20(18)25/h4-11H,3,12-16H2,1-2H3,(H2,22,23,24). The van der Waals surface area contributed by atoms with Crippen molar-refractivity contribution in [2.24, 2.45) is 4.99 Å². The Morgan fingerprint density at radius 3 is 2.62 bits per heavy atom. The van der Waals surface area contributed by atoms with Gasteiger partial charge in [0.05, 0.1) is 25.1 Å². The van der Waals surface area contributed by atoms with E-state index in [1.807, 2.05) is 55.5 Å². The van der Waals surface area contributed by atoms with Gasteiger partial charge in [-0.1, -0.05) is 30.3 Å². The van der Waals surface area contributed by atoms with Gasteiger partial charge in [0, 0.05) is 19.6 Å². The maximum absolute atomic E-state index is 12.8. The Bertz CT molecular complexity index is 943. The quantitative estimate of drug-likeness (QED) is 0.509. The number of aliphatic imine (C=N–C) groups is 1. The highest BCUT2D eigenvalue weighted by Crippen LogP contribution is 2.29. The molecule has 29 heavy (non-hydrogen) atoms. The molecule has 1 aliphatic heterocycles. The van der Waals surface area contributed by atoms with Crippen LogP contribution in [0.1, 0.15) is 18.1 Å². The zero-order valence-electron chi connectivity index (χ0n) is 16.9. The van der Waals surface area contributed by atoms with Crippen LogP contribution in [-0.4, -0.2) is 46.9 Å². The van der Waals surface area contributed by atoms with Crippen LogP contribution in [0.2, 0.25) is 0 Å². The normalized spacial score (nSPS) is 13.9. The third kappa shape index (κ3) is 5.41. The number of rotatable bonds is 8. The summed E-state index contributed by atoms with van der Waals surface area (Å²) in [4.78, 5) is 4.54. The molecule has 0 saturated heterocycles. The third-order valence-corrected chi connectivity index (χ3v) is 6.53. The molecule has 156 valence electrons. The average molecular weight is 417 g/mol. The van der Waals surface area contributed by atoms with Crippen LogP contribution in [0.5, 0.6) is 5.75 Å². The predicted molar refractivity (Wildman–Crippen MR) is 117 cm³/mol. The average Bonchev–Trinajstić information content (AvgIpc) is 3.17. The molecule has 2 aromatic carbocycles. The van der Waals surface area contributed by atoms with Crippen molar-refractivity contribution in [3.05, 3.63) is 59.7 Å². The molecule has 1 aliphatic rings. The van der Waals surface area contributed by atoms with E-state index in [0.717, 1.165) is 29.0 Å². The summed E-state index contributed by atoms with van der Waals surface area (Å²) < 4.78 is 32.3. The van der Waals surface area contributed by atoms with Crippen molar-refractivity contribution in [1.29, 1.82) is 0 Å². The molecule has 3 rings (SSSR count). The number of sulfonamides is 1. The summed E-state index contributed by atoms with van der Waals surface area (Å²) in [5.41, 5.74) is 2.93. The Kier molecular flexibility index (Phi) is 6.98. The van der Waals surface area contributed by atoms with E-state index < -0.39 is 10.0 Å². The van der Waals surface area contributed by atoms with E-state index in [1.165, 1.54) is 4.31 Å². The van der Waals surface area contributed by atoms with Crippen molar-refractivity contribution in [3.8, 4) is 5.75 Å². The number of nitrogens with one attached hydrogen (secondary N) is 2. The highest BCUT2D eigenvalue weighted by Gasteiger charge is 2.28. The molecule has 0 spiro atoms. The molecule has 0 fully saturated rings. The zero-order valence-corrected chi connectivity index (χ0v) is 17.7. The minimum Gasteiger partial charge on any atom is -0.497 e. The van der Waals surface area contributed by atoms with Crippen LogP contribution < -0.4 is 19.7 Å². The maximum Gasteiger partial charge on any atom is 0.236 e. The number of hydrogen-bond acceptors (Lipinski definition) is 4. The third-order valence-electron chi connectivity index (χ3n) is 4.76. The Balaban J connectivity index is 1.57. The number of para-hydroxylation sites is 1. The van der Waals surface area contributed by atoms with Crippen molar-refractivity contribution >= 4 is 21.7 Å². The van der Waals surface area contributed by atoms with E-state index >= 15 is 0 Å². The number of benzene rings is 2. The molecular formula is C21H28N4O3S. The van der Waals surface area contributed by atoms with E-state index in [2.05, 4.69) is 15.6 Å². The summed E-state index contributed by atoms with van der Waals surface area (Å²) in [5.74, 6) is 1.41. The molecule has 2 N–H and O–H groups in total. The minimum atomic E-state index is -3.38. The Hall–Kier alpha value is -2.74. The molecule has 0 aromatic heterocycles. The van der Waals surface area contributed by atoms with Crippen LogP contribution in [0.3, 0.4) is 0 Å². The molecule has 0 bridgehead atoms. The maximum atomic E-state index is 12.8. The topological polar surface area (TPSA) is 83.0 Å². The van der Waals surface area contributed by atoms with Crippen LogP contribution >= 0.6 is 0 Å². The van der Waals surface area contributed by atoms with E-state index in [1.54, 1.807) is 7.11 Å². The molecule has 0 unspecified atom stereocenters. The smallest absolute Gasteiger partial charge is 0.236 e. The van der Waals surface area contributed by atoms with Gasteiger partial charge in [0.1, 0.15) is 5.75 Å². The molecular weight excluding hydrogens is 388 g/mol. The summed E-state index contributed by atoms with van der Waals surface area (Å²) in [6.07, 6.45) is 0.759. The molecule has 0 atom stereocenters. The van der Waals surface area contributed by atoms with Crippen LogP contribution in [0.4, 0.5) is 5.69 Å². The number of ether oxygens (including phenoxy) is 1. The predicted octanol–water partition coefficient (Wildman–Crippen LogP) is 2.14. The monoisotopic (exact) mass is 416 g/mol. The lowest BCUT2D eigenvalue weighted by molar-refractivity contribution is 0.414. The second-order valence-corrected chi connectivity index (χ2v) is 8.75. The van der Waals surface area contributed by atoms with Gasteiger partial charge < -0.3 is 15.4 Å². The van der Waals surface area contributed by atoms with E-state index in [4.69, 9.17) is 4.74 Å². The summed E-state index contributed by atoms with van der Waals surface area (Å²) in [6, 6.07) is 15.4. The van der Waals surface area contributed by atoms with Crippen molar-refractivity contribution < 1.29 is 13.2 Å². The number of guanidine groups is 1. The fourth-order valence-electron chi connectivity index (χ4n) is 3.25. The highest BCUT2D eigenvalue weighted by molar-refractivity contribution is 7.92. The molecule has 2 aromatic rings. The lowest BCUT2D eigenvalue weighted by atomic mass is 10.2. The lowest BCUT2D eigenvalue weighted by Crippen LogP contribution is -2.42. The van der Waals surface area contributed by atoms with Gasteiger partial charge in [-0.05, 0) is 42.7 Å². The van der Waals surface area contributed by atoms with Crippen LogP contribution in [0, 0.1) is 0 Å². The van der Waals surface area contributed by atoms with Crippen molar-refractivity contribution in [2.75, 3.05) is 36.8 Å². The van der Waals surface area contributed by atoms with Crippen LogP contribution in [0.15, 0.2) is 53.5 Å². The number of anilines is 1. The van der Waals surface area contributed by atoms with Gasteiger partial charge in [0.2, 0.25) is 10.0 Å². The Morgan fingerprint density at radius 2 is 1.90 bits per heavy atom. The minimum absolute atomic E-state index is 0.00822. The van der Waals surface area contributed by atoms with E-state index in [0.29, 0.717) is 25.6 Å². The number of hydrogen-bond donors (Lipinski definition) is 2. The summed E-state index contributed by atoms with van der Waals surface area (Å²) in [6.45, 7) is 3.96. The molecule has 0 amide bonds. The van der Waals surface area contributed by atoms with E-state index in [-0.39, 0.29) is 12.3 Å². The SMILES string of the molecule is CCNC(=NCc1ccc(OC)cc1)NCCS(=O)(=O)N1CCc2ccccc21. The highest BCUT2D eigenvalue weighted by atomic mass is 32.2. The molecule has 0 radical (unpaired) electrons. The van der Waals surface area contributed by atoms with Gasteiger partial charge >= 0.3 is 0 Å². The summed E-state index contributed by atoms with van der Waals surface area (Å²) in [5, 5.41) is 6.28. The van der Waals surface area contributed by atoms with Gasteiger partial charge in [-0.25, -0.2) is 13.4 Å². The first-order valence-electron chi connectivity index (χ1n) is 9.77. The van der Waals surface area contributed by atoms with E-state index in [9.17, 15) is 8.42 Å². The first-order valence-corrected chi connectivity index (χ1v) is 11.4. The first kappa shape index (κ1) is 21.0. The van der Waals surface area contributed by atoms with Gasteiger partial charge in [-0.3, -0.25) is 4.31 Å². The van der Waals surface area contributed by atoms with Crippen LogP contribution in [0.25, 0.3) is 0 Å². The lowest BCUT2D eigenvalue weighted by Gasteiger charge is -2.20. The zero-order chi connectivity index (χ0) is 20.7. The summed E-state index contributed by atoms with van der Waals surface area (Å²) >= 11 is 0. The van der Waals surface area contributed by atoms with Crippen molar-refractivity contribution in [2.45, 2.75) is 19.9 Å². The van der Waals surface area contributed by atoms with Gasteiger partial charge in [0.25, 0.3) is 0 Å². The number of methoxy groups -OCH3 is 1. The first-order chi connectivity index (χ1) is 14.0. The van der Waals surface area contributed by atoms with Gasteiger partial charge in [-0.15, -0.1) is 0 Å². The Labute approximate surface area is 172 Å². The van der Waals surface area contributed by atoms with Gasteiger partial charge in [0.15, 0.2) is 5.96 Å². The number of fused-ring (bicyclic) bond motifs is 1. The molecule has 7 nitrogen and oxygen atoms in total. The van der Waals surface area contributed by atoms with Crippen LogP contribution in [-0.2, 0) is 23.0 Å². The molecule has 0 aliphatic carbocycles. The largest absolute Gasteiger partial charge is 0.497 e. The Morgan fingerprint density at radius 1 is 1.14 bits per heavy atom. The fourth-order valence-corrected chi connectivity index (χ4v) is 4.68. The fraction of sp³-hybridized carbons (Fsp3) is 0.381. The second-order valence-electron chi connectivity index (χ2n) is 6.74. The van der Waals surface area contributed by atoms with Crippen molar-refractivity contribution in [3.63, 3.8) is 0 Å². The summed E-state index contributed by atoms with van der Waals surface area (Å²) in [7, 11) is -1.75. The number of nitrogens with zero attached hydrogens (tertiary/aromatic N) is 2.